The Morgan fingerprint density at radius 1 is 0.781 bits per heavy atom. The van der Waals surface area contributed by atoms with E-state index < -0.39 is 53.5 Å². The Labute approximate surface area is 421 Å². The van der Waals surface area contributed by atoms with Gasteiger partial charge in [0.15, 0.2) is 11.5 Å². The first kappa shape index (κ1) is 54.0. The Morgan fingerprint density at radius 2 is 1.45 bits per heavy atom. The number of benzene rings is 1. The number of nitrogens with one attached hydrogen (secondary N) is 4. The summed E-state index contributed by atoms with van der Waals surface area (Å²) in [6.45, 7) is 8.14. The van der Waals surface area contributed by atoms with Crippen molar-refractivity contribution in [3.8, 4) is 22.9 Å². The molecular weight excluding hydrogens is 953 g/mol. The van der Waals surface area contributed by atoms with E-state index in [1.54, 1.807) is 37.5 Å². The molecule has 6 N–H and O–H groups in total. The highest BCUT2D eigenvalue weighted by Gasteiger charge is 2.35. The molecule has 0 fully saturated rings. The van der Waals surface area contributed by atoms with Crippen LogP contribution in [-0.2, 0) is 76.9 Å². The summed E-state index contributed by atoms with van der Waals surface area (Å²) in [4.78, 5) is 108. The van der Waals surface area contributed by atoms with Crippen LogP contribution in [0.1, 0.15) is 81.0 Å². The van der Waals surface area contributed by atoms with Gasteiger partial charge in [0.2, 0.25) is 30.4 Å². The molecule has 23 heteroatoms. The molecule has 6 heterocycles. The molecule has 7 rings (SSSR count). The second kappa shape index (κ2) is 25.7. The number of unbranched alkanes of at least 4 members (excludes halogenated alkanes) is 1. The van der Waals surface area contributed by atoms with Gasteiger partial charge in [0.1, 0.15) is 18.7 Å². The third-order valence-corrected chi connectivity index (χ3v) is 12.8. The van der Waals surface area contributed by atoms with E-state index in [2.05, 4.69) is 21.3 Å². The topological polar surface area (TPSA) is 296 Å². The molecule has 4 aliphatic heterocycles. The third-order valence-electron chi connectivity index (χ3n) is 12.8. The number of ether oxygens (including phenoxy) is 7. The monoisotopic (exact) mass is 1020 g/mol. The molecular formula is C50H64N8O15. The molecule has 73 heavy (non-hydrogen) atoms. The summed E-state index contributed by atoms with van der Waals surface area (Å²) in [7, 11) is 0. The number of carbonyl (C=O) groups excluding carboxylic acids is 7. The molecule has 4 aliphatic rings. The lowest BCUT2D eigenvalue weighted by atomic mass is 9.93. The average Bonchev–Trinajstić information content (AvgIpc) is 4.08. The molecule has 2 aromatic heterocycles. The van der Waals surface area contributed by atoms with Crippen LogP contribution >= 0.6 is 0 Å². The van der Waals surface area contributed by atoms with E-state index in [-0.39, 0.29) is 103 Å². The van der Waals surface area contributed by atoms with E-state index in [9.17, 15) is 38.4 Å². The first-order valence-electron chi connectivity index (χ1n) is 24.6. The summed E-state index contributed by atoms with van der Waals surface area (Å²) in [6, 6.07) is 3.46. The molecule has 3 aromatic rings. The molecule has 0 aliphatic carbocycles. The maximum Gasteiger partial charge on any atom is 0.313 e. The van der Waals surface area contributed by atoms with E-state index in [0.29, 0.717) is 102 Å². The highest BCUT2D eigenvalue weighted by molar-refractivity contribution is 6.13. The third kappa shape index (κ3) is 13.6. The number of rotatable bonds is 29. The van der Waals surface area contributed by atoms with Crippen LogP contribution < -0.4 is 42.0 Å². The van der Waals surface area contributed by atoms with Crippen molar-refractivity contribution >= 4 is 52.3 Å². The first-order chi connectivity index (χ1) is 35.2. The maximum atomic E-state index is 14.2. The Hall–Kier alpha value is -6.79. The minimum absolute atomic E-state index is 0.00539. The molecule has 6 amide bonds. The fraction of sp³-hybridized carbons (Fsp3) is 0.540. The normalized spacial score (nSPS) is 16.0. The lowest BCUT2D eigenvalue weighted by Crippen LogP contribution is -2.55. The maximum absolute atomic E-state index is 14.2. The Balaban J connectivity index is 0.839. The van der Waals surface area contributed by atoms with Crippen molar-refractivity contribution in [2.75, 3.05) is 79.3 Å². The summed E-state index contributed by atoms with van der Waals surface area (Å²) >= 11 is 0. The number of pyridine rings is 2. The number of aromatic nitrogens is 2. The fourth-order valence-corrected chi connectivity index (χ4v) is 8.73. The molecule has 0 saturated carbocycles. The second-order valence-electron chi connectivity index (χ2n) is 18.1. The van der Waals surface area contributed by atoms with Crippen LogP contribution in [0.2, 0.25) is 0 Å². The minimum atomic E-state index is -0.974. The van der Waals surface area contributed by atoms with Crippen LogP contribution in [0.4, 0.5) is 0 Å². The van der Waals surface area contributed by atoms with E-state index in [1.807, 2.05) is 6.07 Å². The lowest BCUT2D eigenvalue weighted by Gasteiger charge is -2.25. The van der Waals surface area contributed by atoms with Crippen molar-refractivity contribution in [3.63, 3.8) is 0 Å². The number of carbonyl (C=O) groups is 7. The van der Waals surface area contributed by atoms with Gasteiger partial charge in [0.05, 0.1) is 87.8 Å². The van der Waals surface area contributed by atoms with Crippen molar-refractivity contribution in [2.24, 2.45) is 11.7 Å². The van der Waals surface area contributed by atoms with E-state index >= 15 is 0 Å². The summed E-state index contributed by atoms with van der Waals surface area (Å²) in [5.74, 6) is -2.90. The van der Waals surface area contributed by atoms with Gasteiger partial charge in [0, 0.05) is 61.6 Å². The molecule has 3 atom stereocenters. The molecule has 0 radical (unpaired) electrons. The number of cyclic esters (lactones) is 1. The number of amides is 6. The van der Waals surface area contributed by atoms with Crippen molar-refractivity contribution in [1.29, 1.82) is 0 Å². The van der Waals surface area contributed by atoms with Crippen LogP contribution in [0.5, 0.6) is 11.5 Å². The van der Waals surface area contributed by atoms with Gasteiger partial charge in [-0.1, -0.05) is 13.8 Å². The molecule has 0 unspecified atom stereocenters. The van der Waals surface area contributed by atoms with Crippen molar-refractivity contribution < 1.29 is 66.7 Å². The second-order valence-corrected chi connectivity index (χ2v) is 18.1. The van der Waals surface area contributed by atoms with Crippen LogP contribution in [0.3, 0.4) is 0 Å². The van der Waals surface area contributed by atoms with Crippen molar-refractivity contribution in [3.05, 3.63) is 63.0 Å². The van der Waals surface area contributed by atoms with Gasteiger partial charge in [0.25, 0.3) is 17.4 Å². The number of hydrogen-bond acceptors (Lipinski definition) is 17. The zero-order valence-electron chi connectivity index (χ0n) is 41.4. The number of fused-ring (bicyclic) bond motifs is 6. The molecule has 0 spiro atoms. The SMILES string of the molecule is CC(C)[C@H](NC(=O)CCOCCOCCOCCOCCNC(=O)CCN1C(=O)C=CC1=O)C(=O)N[C@@H](CCCCN)C(=O)NCc1c2c(nc3cc4c(cc13)OCO4)-c1cc3c(c(=O)n1C2)COC(=O)[C@H]3C. The molecule has 0 saturated heterocycles. The molecule has 1 aromatic carbocycles. The smallest absolute Gasteiger partial charge is 0.313 e. The van der Waals surface area contributed by atoms with Crippen LogP contribution in [0.25, 0.3) is 22.3 Å². The van der Waals surface area contributed by atoms with Gasteiger partial charge in [-0.25, -0.2) is 4.98 Å². The largest absolute Gasteiger partial charge is 0.460 e. The average molecular weight is 1020 g/mol. The molecule has 394 valence electrons. The Morgan fingerprint density at radius 3 is 2.14 bits per heavy atom. The number of nitrogens with zero attached hydrogens (tertiary/aromatic N) is 3. The van der Waals surface area contributed by atoms with Crippen LogP contribution in [-0.4, -0.2) is 147 Å². The Kier molecular flexibility index (Phi) is 19.0. The predicted octanol–water partition coefficient (Wildman–Crippen LogP) is 0.573. The van der Waals surface area contributed by atoms with Gasteiger partial charge in [-0.05, 0) is 61.9 Å². The number of esters is 1. The first-order valence-corrected chi connectivity index (χ1v) is 24.6. The summed E-state index contributed by atoms with van der Waals surface area (Å²) in [5, 5.41) is 12.1. The quantitative estimate of drug-likeness (QED) is 0.0282. The van der Waals surface area contributed by atoms with Gasteiger partial charge in [-0.15, -0.1) is 0 Å². The van der Waals surface area contributed by atoms with Gasteiger partial charge < -0.3 is 64.7 Å². The zero-order valence-corrected chi connectivity index (χ0v) is 41.4. The van der Waals surface area contributed by atoms with Gasteiger partial charge >= 0.3 is 5.97 Å². The van der Waals surface area contributed by atoms with E-state index in [0.717, 1.165) is 4.90 Å². The summed E-state index contributed by atoms with van der Waals surface area (Å²) in [6.07, 6.45) is 3.78. The number of hydrogen-bond donors (Lipinski definition) is 5. The van der Waals surface area contributed by atoms with Crippen molar-refractivity contribution in [2.45, 2.75) is 90.6 Å². The standard InChI is InChI=1S/C50H64N8O15/c1-29(2)45(56-42(60)10-14-67-16-18-69-20-21-70-19-17-68-15-12-52-41(59)9-13-57-43(61)7-8-44(57)62)48(64)55-36(6-4-5-11-51)47(63)53-25-33-32-23-39-40(73-28-72-39)24-37(32)54-46-34(33)26-58-38(46)22-31-30(3)50(66)71-27-35(31)49(58)65/h7-8,22-24,29-30,36,45H,4-6,9-21,25-28,51H2,1-3H3,(H,52,59)(H,53,63)(H,55,64)(H,56,60)/t30-,36-,45-/m0/s1. The highest BCUT2D eigenvalue weighted by Crippen LogP contribution is 2.42. The minimum Gasteiger partial charge on any atom is -0.460 e. The summed E-state index contributed by atoms with van der Waals surface area (Å²) in [5.41, 5.74) is 9.56. The fourth-order valence-electron chi connectivity index (χ4n) is 8.73. The highest BCUT2D eigenvalue weighted by atomic mass is 16.7. The van der Waals surface area contributed by atoms with E-state index in [1.165, 1.54) is 12.2 Å². The molecule has 23 nitrogen and oxygen atoms in total. The van der Waals surface area contributed by atoms with Gasteiger partial charge in [-0.2, -0.15) is 0 Å². The Bertz CT molecular complexity index is 2630. The van der Waals surface area contributed by atoms with Crippen LogP contribution in [0.15, 0.2) is 35.1 Å². The lowest BCUT2D eigenvalue weighted by molar-refractivity contribution is -0.148. The van der Waals surface area contributed by atoms with Crippen molar-refractivity contribution in [1.82, 2.24) is 35.7 Å². The van der Waals surface area contributed by atoms with Gasteiger partial charge in [-0.3, -0.25) is 43.3 Å². The number of imide groups is 1. The predicted molar refractivity (Wildman–Crippen MR) is 260 cm³/mol. The zero-order chi connectivity index (χ0) is 52.0. The van der Waals surface area contributed by atoms with E-state index in [4.69, 9.17) is 43.9 Å². The summed E-state index contributed by atoms with van der Waals surface area (Å²) < 4.78 is 40.3. The van der Waals surface area contributed by atoms with Crippen LogP contribution in [0, 0.1) is 5.92 Å². The molecule has 0 bridgehead atoms. The number of nitrogens with two attached hydrogens (primary N) is 1.